The number of hydrogen-bond donors (Lipinski definition) is 2. The molecule has 0 spiro atoms. The average molecular weight is 200 g/mol. The van der Waals surface area contributed by atoms with E-state index in [-0.39, 0.29) is 0 Å². The van der Waals surface area contributed by atoms with Gasteiger partial charge in [-0.25, -0.2) is 0 Å². The first-order chi connectivity index (χ1) is 6.15. The van der Waals surface area contributed by atoms with Crippen LogP contribution in [0.15, 0.2) is 18.2 Å². The molecular formula is C10H14ClNO. The Hall–Kier alpha value is -0.570. The fraction of sp³-hybridized carbons (Fsp3) is 0.400. The van der Waals surface area contributed by atoms with Crippen molar-refractivity contribution < 1.29 is 5.11 Å². The molecule has 2 nitrogen and oxygen atoms in total. The van der Waals surface area contributed by atoms with E-state index in [1.165, 1.54) is 0 Å². The first-order valence-corrected chi connectivity index (χ1v) is 4.61. The second-order valence-corrected chi connectivity index (χ2v) is 3.51. The highest BCUT2D eigenvalue weighted by Gasteiger charge is 2.09. The Morgan fingerprint density at radius 1 is 1.54 bits per heavy atom. The van der Waals surface area contributed by atoms with Crippen LogP contribution in [0.5, 0.6) is 0 Å². The number of likely N-dealkylation sites (N-methyl/N-ethyl adjacent to an activating group) is 1. The van der Waals surface area contributed by atoms with Crippen LogP contribution in [0.25, 0.3) is 0 Å². The number of aliphatic hydroxyl groups is 1. The molecule has 0 aromatic heterocycles. The summed E-state index contributed by atoms with van der Waals surface area (Å²) in [6.07, 6.45) is -0.530. The van der Waals surface area contributed by atoms with Crippen LogP contribution in [0.3, 0.4) is 0 Å². The van der Waals surface area contributed by atoms with Gasteiger partial charge in [-0.1, -0.05) is 23.7 Å². The van der Waals surface area contributed by atoms with E-state index in [0.29, 0.717) is 11.6 Å². The van der Waals surface area contributed by atoms with Crippen molar-refractivity contribution in [3.63, 3.8) is 0 Å². The SMILES string of the molecule is CNCC(O)c1ccc(C)cc1Cl. The summed E-state index contributed by atoms with van der Waals surface area (Å²) in [5.74, 6) is 0. The molecule has 72 valence electrons. The van der Waals surface area contributed by atoms with Crippen LogP contribution in [0.4, 0.5) is 0 Å². The van der Waals surface area contributed by atoms with Crippen LogP contribution in [0.2, 0.25) is 5.02 Å². The lowest BCUT2D eigenvalue weighted by atomic mass is 10.1. The van der Waals surface area contributed by atoms with E-state index < -0.39 is 6.10 Å². The molecule has 0 aliphatic rings. The zero-order valence-corrected chi connectivity index (χ0v) is 8.60. The Balaban J connectivity index is 2.88. The highest BCUT2D eigenvalue weighted by atomic mass is 35.5. The van der Waals surface area contributed by atoms with Gasteiger partial charge in [0.25, 0.3) is 0 Å². The number of halogens is 1. The van der Waals surface area contributed by atoms with Gasteiger partial charge in [0.05, 0.1) is 6.10 Å². The van der Waals surface area contributed by atoms with Crippen molar-refractivity contribution in [3.05, 3.63) is 34.3 Å². The molecular weight excluding hydrogens is 186 g/mol. The largest absolute Gasteiger partial charge is 0.387 e. The van der Waals surface area contributed by atoms with Gasteiger partial charge in [-0.05, 0) is 25.6 Å². The summed E-state index contributed by atoms with van der Waals surface area (Å²) < 4.78 is 0. The van der Waals surface area contributed by atoms with E-state index in [4.69, 9.17) is 11.6 Å². The predicted molar refractivity (Wildman–Crippen MR) is 55.1 cm³/mol. The van der Waals surface area contributed by atoms with E-state index in [1.54, 1.807) is 7.05 Å². The number of nitrogens with one attached hydrogen (secondary N) is 1. The minimum atomic E-state index is -0.530. The fourth-order valence-corrected chi connectivity index (χ4v) is 1.57. The average Bonchev–Trinajstić information content (AvgIpc) is 2.04. The van der Waals surface area contributed by atoms with E-state index in [0.717, 1.165) is 11.1 Å². The van der Waals surface area contributed by atoms with Gasteiger partial charge in [-0.3, -0.25) is 0 Å². The molecule has 13 heavy (non-hydrogen) atoms. The monoisotopic (exact) mass is 199 g/mol. The summed E-state index contributed by atoms with van der Waals surface area (Å²) in [5.41, 5.74) is 1.88. The maximum Gasteiger partial charge on any atom is 0.0928 e. The van der Waals surface area contributed by atoms with Crippen LogP contribution in [0, 0.1) is 6.92 Å². The molecule has 1 aromatic carbocycles. The summed E-state index contributed by atoms with van der Waals surface area (Å²) >= 11 is 5.97. The van der Waals surface area contributed by atoms with Gasteiger partial charge in [0, 0.05) is 17.1 Å². The first-order valence-electron chi connectivity index (χ1n) is 4.24. The molecule has 0 saturated carbocycles. The van der Waals surface area contributed by atoms with Crippen molar-refractivity contribution in [2.45, 2.75) is 13.0 Å². The van der Waals surface area contributed by atoms with Crippen LogP contribution in [-0.2, 0) is 0 Å². The minimum absolute atomic E-state index is 0.517. The van der Waals surface area contributed by atoms with Gasteiger partial charge in [0.15, 0.2) is 0 Å². The maximum atomic E-state index is 9.65. The standard InChI is InChI=1S/C10H14ClNO/c1-7-3-4-8(9(11)5-7)10(13)6-12-2/h3-5,10,12-13H,6H2,1-2H3. The summed E-state index contributed by atoms with van der Waals surface area (Å²) in [5, 5.41) is 13.2. The molecule has 2 N–H and O–H groups in total. The number of aliphatic hydroxyl groups excluding tert-OH is 1. The maximum absolute atomic E-state index is 9.65. The lowest BCUT2D eigenvalue weighted by Gasteiger charge is -2.12. The third-order valence-corrected chi connectivity index (χ3v) is 2.24. The quantitative estimate of drug-likeness (QED) is 0.780. The Morgan fingerprint density at radius 3 is 2.77 bits per heavy atom. The van der Waals surface area contributed by atoms with Crippen LogP contribution < -0.4 is 5.32 Å². The Bertz CT molecular complexity index is 288. The molecule has 0 bridgehead atoms. The fourth-order valence-electron chi connectivity index (χ4n) is 1.21. The highest BCUT2D eigenvalue weighted by Crippen LogP contribution is 2.23. The third kappa shape index (κ3) is 2.69. The molecule has 1 aromatic rings. The third-order valence-electron chi connectivity index (χ3n) is 1.91. The lowest BCUT2D eigenvalue weighted by Crippen LogP contribution is -2.16. The van der Waals surface area contributed by atoms with Gasteiger partial charge in [0.2, 0.25) is 0 Å². The molecule has 0 aliphatic carbocycles. The number of aryl methyl sites for hydroxylation is 1. The molecule has 0 aliphatic heterocycles. The number of benzene rings is 1. The Labute approximate surface area is 83.5 Å². The second-order valence-electron chi connectivity index (χ2n) is 3.10. The highest BCUT2D eigenvalue weighted by molar-refractivity contribution is 6.31. The molecule has 1 unspecified atom stereocenters. The molecule has 3 heteroatoms. The topological polar surface area (TPSA) is 32.3 Å². The van der Waals surface area contributed by atoms with Crippen molar-refractivity contribution in [2.24, 2.45) is 0 Å². The van der Waals surface area contributed by atoms with Crippen LogP contribution in [0.1, 0.15) is 17.2 Å². The smallest absolute Gasteiger partial charge is 0.0928 e. The summed E-state index contributed by atoms with van der Waals surface area (Å²) in [6.45, 7) is 2.49. The van der Waals surface area contributed by atoms with Crippen molar-refractivity contribution in [1.29, 1.82) is 0 Å². The van der Waals surface area contributed by atoms with E-state index in [1.807, 2.05) is 25.1 Å². The van der Waals surface area contributed by atoms with Crippen molar-refractivity contribution in [1.82, 2.24) is 5.32 Å². The number of rotatable bonds is 3. The van der Waals surface area contributed by atoms with Gasteiger partial charge < -0.3 is 10.4 Å². The van der Waals surface area contributed by atoms with Gasteiger partial charge in [0.1, 0.15) is 0 Å². The zero-order chi connectivity index (χ0) is 9.84. The Kier molecular flexibility index (Phi) is 3.72. The molecule has 0 fully saturated rings. The van der Waals surface area contributed by atoms with Crippen LogP contribution in [-0.4, -0.2) is 18.7 Å². The summed E-state index contributed by atoms with van der Waals surface area (Å²) in [7, 11) is 1.80. The molecule has 1 atom stereocenters. The predicted octanol–water partition coefficient (Wildman–Crippen LogP) is 1.90. The van der Waals surface area contributed by atoms with Crippen molar-refractivity contribution in [2.75, 3.05) is 13.6 Å². The summed E-state index contributed by atoms with van der Waals surface area (Å²) in [4.78, 5) is 0. The van der Waals surface area contributed by atoms with Crippen molar-refractivity contribution in [3.8, 4) is 0 Å². The van der Waals surface area contributed by atoms with Gasteiger partial charge in [-0.2, -0.15) is 0 Å². The number of hydrogen-bond acceptors (Lipinski definition) is 2. The van der Waals surface area contributed by atoms with Gasteiger partial charge in [-0.15, -0.1) is 0 Å². The molecule has 0 amide bonds. The Morgan fingerprint density at radius 2 is 2.23 bits per heavy atom. The molecule has 1 rings (SSSR count). The first kappa shape index (κ1) is 10.5. The van der Waals surface area contributed by atoms with Crippen LogP contribution >= 0.6 is 11.6 Å². The zero-order valence-electron chi connectivity index (χ0n) is 7.84. The summed E-state index contributed by atoms with van der Waals surface area (Å²) in [6, 6.07) is 5.66. The molecule has 0 saturated heterocycles. The molecule has 0 heterocycles. The van der Waals surface area contributed by atoms with E-state index in [2.05, 4.69) is 5.32 Å². The second kappa shape index (κ2) is 4.61. The van der Waals surface area contributed by atoms with Gasteiger partial charge >= 0.3 is 0 Å². The normalized spacial score (nSPS) is 12.9. The van der Waals surface area contributed by atoms with E-state index >= 15 is 0 Å². The lowest BCUT2D eigenvalue weighted by molar-refractivity contribution is 0.178. The molecule has 0 radical (unpaired) electrons. The van der Waals surface area contributed by atoms with Crippen molar-refractivity contribution >= 4 is 11.6 Å². The minimum Gasteiger partial charge on any atom is -0.387 e. The van der Waals surface area contributed by atoms with E-state index in [9.17, 15) is 5.11 Å².